The maximum Gasteiger partial charge on any atom is 0.323 e. The van der Waals surface area contributed by atoms with Gasteiger partial charge in [-0.05, 0) is 49.6 Å². The number of hydrogen-bond donors (Lipinski definition) is 2. The van der Waals surface area contributed by atoms with Crippen LogP contribution in [0.25, 0.3) is 0 Å². The molecule has 1 unspecified atom stereocenters. The van der Waals surface area contributed by atoms with E-state index in [4.69, 9.17) is 9.47 Å². The molecule has 0 radical (unpaired) electrons. The molecule has 7 nitrogen and oxygen atoms in total. The Morgan fingerprint density at radius 2 is 1.93 bits per heavy atom. The summed E-state index contributed by atoms with van der Waals surface area (Å²) in [7, 11) is 1.58. The highest BCUT2D eigenvalue weighted by atomic mass is 16.5. The predicted octanol–water partition coefficient (Wildman–Crippen LogP) is 4.49. The molecule has 7 heteroatoms. The summed E-state index contributed by atoms with van der Waals surface area (Å²) < 4.78 is 11.0. The van der Waals surface area contributed by atoms with Gasteiger partial charge in [0.1, 0.15) is 11.5 Å². The minimum Gasteiger partial charge on any atom is -0.497 e. The molecule has 160 valence electrons. The molecule has 3 amide bonds. The van der Waals surface area contributed by atoms with Crippen LogP contribution in [0.15, 0.2) is 42.5 Å². The van der Waals surface area contributed by atoms with E-state index < -0.39 is 6.10 Å². The van der Waals surface area contributed by atoms with Crippen LogP contribution < -0.4 is 20.1 Å². The van der Waals surface area contributed by atoms with E-state index in [0.29, 0.717) is 41.9 Å². The zero-order chi connectivity index (χ0) is 21.7. The molecule has 0 bridgehead atoms. The number of benzene rings is 2. The Labute approximate surface area is 177 Å². The highest BCUT2D eigenvalue weighted by Gasteiger charge is 2.27. The molecule has 0 aromatic heterocycles. The van der Waals surface area contributed by atoms with Crippen molar-refractivity contribution in [3.63, 3.8) is 0 Å². The largest absolute Gasteiger partial charge is 0.497 e. The van der Waals surface area contributed by atoms with Crippen molar-refractivity contribution in [1.29, 1.82) is 0 Å². The smallest absolute Gasteiger partial charge is 0.323 e. The van der Waals surface area contributed by atoms with E-state index in [0.717, 1.165) is 12.0 Å². The second kappa shape index (κ2) is 9.52. The lowest BCUT2D eigenvalue weighted by Gasteiger charge is -2.23. The first-order valence-corrected chi connectivity index (χ1v) is 10.2. The number of hydrogen-bond acceptors (Lipinski definition) is 4. The number of ether oxygens (including phenoxy) is 2. The third-order valence-corrected chi connectivity index (χ3v) is 4.95. The molecule has 2 aromatic carbocycles. The molecule has 30 heavy (non-hydrogen) atoms. The standard InChI is InChI=1S/C23H29N3O4/c1-15(2)10-11-26-14-17-12-19(8-9-21(17)30-16(3)22(26)27)25-23(28)24-18-6-5-7-20(13-18)29-4/h5-9,12-13,15-16H,10-11,14H2,1-4H3,(H2,24,25,28). The number of nitrogens with one attached hydrogen (secondary N) is 2. The number of nitrogens with zero attached hydrogens (tertiary/aromatic N) is 1. The van der Waals surface area contributed by atoms with Gasteiger partial charge in [-0.25, -0.2) is 4.79 Å². The van der Waals surface area contributed by atoms with Crippen molar-refractivity contribution in [2.24, 2.45) is 5.92 Å². The van der Waals surface area contributed by atoms with Crippen molar-refractivity contribution in [1.82, 2.24) is 4.90 Å². The number of rotatable bonds is 6. The average Bonchev–Trinajstić information content (AvgIpc) is 2.83. The minimum atomic E-state index is -0.534. The van der Waals surface area contributed by atoms with Gasteiger partial charge in [-0.2, -0.15) is 0 Å². The lowest BCUT2D eigenvalue weighted by Crippen LogP contribution is -2.38. The van der Waals surface area contributed by atoms with Crippen molar-refractivity contribution >= 4 is 23.3 Å². The Balaban J connectivity index is 1.72. The molecule has 3 rings (SSSR count). The van der Waals surface area contributed by atoms with Crippen LogP contribution in [0.5, 0.6) is 11.5 Å². The third-order valence-electron chi connectivity index (χ3n) is 4.95. The Bertz CT molecular complexity index is 913. The zero-order valence-corrected chi connectivity index (χ0v) is 17.9. The summed E-state index contributed by atoms with van der Waals surface area (Å²) in [6.07, 6.45) is 0.392. The molecule has 2 N–H and O–H groups in total. The molecule has 1 aliphatic rings. The number of amides is 3. The van der Waals surface area contributed by atoms with Crippen molar-refractivity contribution in [2.75, 3.05) is 24.3 Å². The first-order chi connectivity index (χ1) is 14.4. The van der Waals surface area contributed by atoms with Gasteiger partial charge >= 0.3 is 6.03 Å². The normalized spacial score (nSPS) is 15.8. The van der Waals surface area contributed by atoms with Gasteiger partial charge in [0.05, 0.1) is 7.11 Å². The number of urea groups is 1. The van der Waals surface area contributed by atoms with Gasteiger partial charge in [-0.15, -0.1) is 0 Å². The summed E-state index contributed by atoms with van der Waals surface area (Å²) in [5, 5.41) is 5.62. The summed E-state index contributed by atoms with van der Waals surface area (Å²) in [4.78, 5) is 26.9. The van der Waals surface area contributed by atoms with Crippen LogP contribution in [0.2, 0.25) is 0 Å². The fourth-order valence-corrected chi connectivity index (χ4v) is 3.27. The minimum absolute atomic E-state index is 0.0165. The Morgan fingerprint density at radius 1 is 1.20 bits per heavy atom. The van der Waals surface area contributed by atoms with Gasteiger partial charge in [0, 0.05) is 36.1 Å². The fourth-order valence-electron chi connectivity index (χ4n) is 3.27. The molecule has 0 spiro atoms. The van der Waals surface area contributed by atoms with Crippen molar-refractivity contribution < 1.29 is 19.1 Å². The van der Waals surface area contributed by atoms with E-state index in [1.165, 1.54) is 0 Å². The fraction of sp³-hybridized carbons (Fsp3) is 0.391. The van der Waals surface area contributed by atoms with Crippen molar-refractivity contribution in [3.05, 3.63) is 48.0 Å². The summed E-state index contributed by atoms with van der Waals surface area (Å²) in [6, 6.07) is 12.2. The Kier molecular flexibility index (Phi) is 6.82. The maximum absolute atomic E-state index is 12.7. The van der Waals surface area contributed by atoms with Crippen LogP contribution in [0.3, 0.4) is 0 Å². The number of anilines is 2. The number of carbonyl (C=O) groups is 2. The maximum atomic E-state index is 12.7. The summed E-state index contributed by atoms with van der Waals surface area (Å²) in [5.41, 5.74) is 2.13. The number of carbonyl (C=O) groups excluding carboxylic acids is 2. The quantitative estimate of drug-likeness (QED) is 0.734. The van der Waals surface area contributed by atoms with Crippen LogP contribution in [0.1, 0.15) is 32.8 Å². The predicted molar refractivity (Wildman–Crippen MR) is 117 cm³/mol. The van der Waals surface area contributed by atoms with E-state index in [2.05, 4.69) is 24.5 Å². The average molecular weight is 412 g/mol. The molecule has 0 saturated carbocycles. The summed E-state index contributed by atoms with van der Waals surface area (Å²) in [6.45, 7) is 7.18. The number of methoxy groups -OCH3 is 1. The highest BCUT2D eigenvalue weighted by molar-refractivity contribution is 6.00. The van der Waals surface area contributed by atoms with Gasteiger partial charge in [-0.1, -0.05) is 19.9 Å². The van der Waals surface area contributed by atoms with E-state index in [-0.39, 0.29) is 11.9 Å². The van der Waals surface area contributed by atoms with Crippen LogP contribution in [-0.4, -0.2) is 36.6 Å². The van der Waals surface area contributed by atoms with Crippen LogP contribution in [0.4, 0.5) is 16.2 Å². The molecule has 1 heterocycles. The van der Waals surface area contributed by atoms with E-state index in [9.17, 15) is 9.59 Å². The van der Waals surface area contributed by atoms with Crippen LogP contribution in [0, 0.1) is 5.92 Å². The summed E-state index contributed by atoms with van der Waals surface area (Å²) in [5.74, 6) is 1.82. The molecule has 0 aliphatic carbocycles. The molecule has 1 aliphatic heterocycles. The second-order valence-corrected chi connectivity index (χ2v) is 7.84. The van der Waals surface area contributed by atoms with E-state index in [1.807, 2.05) is 17.0 Å². The van der Waals surface area contributed by atoms with Gasteiger partial charge in [-0.3, -0.25) is 4.79 Å². The molecule has 0 fully saturated rings. The first-order valence-electron chi connectivity index (χ1n) is 10.2. The van der Waals surface area contributed by atoms with Gasteiger partial charge < -0.3 is 25.0 Å². The topological polar surface area (TPSA) is 79.9 Å². The van der Waals surface area contributed by atoms with Gasteiger partial charge in [0.25, 0.3) is 5.91 Å². The van der Waals surface area contributed by atoms with E-state index >= 15 is 0 Å². The van der Waals surface area contributed by atoms with Gasteiger partial charge in [0.2, 0.25) is 0 Å². The van der Waals surface area contributed by atoms with E-state index in [1.54, 1.807) is 44.4 Å². The zero-order valence-electron chi connectivity index (χ0n) is 17.9. The Hall–Kier alpha value is -3.22. The number of fused-ring (bicyclic) bond motifs is 1. The lowest BCUT2D eigenvalue weighted by molar-refractivity contribution is -0.137. The first kappa shape index (κ1) is 21.5. The Morgan fingerprint density at radius 3 is 2.63 bits per heavy atom. The second-order valence-electron chi connectivity index (χ2n) is 7.84. The SMILES string of the molecule is COc1cccc(NC(=O)Nc2ccc3c(c2)CN(CCC(C)C)C(=O)C(C)O3)c1. The highest BCUT2D eigenvalue weighted by Crippen LogP contribution is 2.29. The van der Waals surface area contributed by atoms with Crippen molar-refractivity contribution in [3.8, 4) is 11.5 Å². The molecule has 0 saturated heterocycles. The molecular formula is C23H29N3O4. The monoisotopic (exact) mass is 411 g/mol. The molecule has 1 atom stereocenters. The van der Waals surface area contributed by atoms with Gasteiger partial charge in [0.15, 0.2) is 6.10 Å². The van der Waals surface area contributed by atoms with Crippen LogP contribution >= 0.6 is 0 Å². The summed E-state index contributed by atoms with van der Waals surface area (Å²) >= 11 is 0. The lowest BCUT2D eigenvalue weighted by atomic mass is 10.1. The third kappa shape index (κ3) is 5.43. The molecular weight excluding hydrogens is 382 g/mol. The van der Waals surface area contributed by atoms with Crippen molar-refractivity contribution in [2.45, 2.75) is 39.8 Å². The van der Waals surface area contributed by atoms with Crippen LogP contribution in [-0.2, 0) is 11.3 Å². The molecule has 2 aromatic rings.